The Morgan fingerprint density at radius 3 is 2.37 bits per heavy atom. The highest BCUT2D eigenvalue weighted by Crippen LogP contribution is 2.31. The van der Waals surface area contributed by atoms with Crippen molar-refractivity contribution >= 4 is 23.4 Å². The first-order chi connectivity index (χ1) is 20.7. The molecule has 1 atom stereocenters. The van der Waals surface area contributed by atoms with Crippen LogP contribution >= 0.6 is 11.3 Å². The maximum atomic E-state index is 13.9. The lowest BCUT2D eigenvalue weighted by Gasteiger charge is -2.25. The second-order valence-electron chi connectivity index (χ2n) is 10.5. The predicted octanol–water partition coefficient (Wildman–Crippen LogP) is 5.27. The molecule has 0 N–H and O–H groups in total. The number of methoxy groups -OCH3 is 1. The standard InChI is InChI=1S/C34H33FN2O5S/c1-21(2)25-9-11-26(12-10-25)31-30(33(39)41-18-17-40-4)22(3)36-34-37(31)32(38)29(43-34)19-23-7-15-28(16-8-23)42-20-24-5-13-27(35)14-6-24/h5-16,19,21,31H,17-18,20H2,1-4H3. The van der Waals surface area contributed by atoms with Crippen LogP contribution in [0.3, 0.4) is 0 Å². The van der Waals surface area contributed by atoms with Crippen LogP contribution in [0.2, 0.25) is 0 Å². The average molecular weight is 601 g/mol. The summed E-state index contributed by atoms with van der Waals surface area (Å²) in [7, 11) is 1.54. The van der Waals surface area contributed by atoms with Crippen LogP contribution in [0.4, 0.5) is 4.39 Å². The molecule has 0 radical (unpaired) electrons. The van der Waals surface area contributed by atoms with Crippen LogP contribution in [-0.2, 0) is 20.9 Å². The Kier molecular flexibility index (Phi) is 9.33. The van der Waals surface area contributed by atoms with Gasteiger partial charge in [0.2, 0.25) is 0 Å². The number of aromatic nitrogens is 1. The lowest BCUT2D eigenvalue weighted by molar-refractivity contribution is -0.140. The van der Waals surface area contributed by atoms with Gasteiger partial charge in [-0.2, -0.15) is 0 Å². The summed E-state index contributed by atoms with van der Waals surface area (Å²) in [5.41, 5.74) is 4.22. The molecule has 0 amide bonds. The Morgan fingerprint density at radius 2 is 1.72 bits per heavy atom. The molecule has 0 bridgehead atoms. The van der Waals surface area contributed by atoms with Crippen molar-refractivity contribution < 1.29 is 23.4 Å². The van der Waals surface area contributed by atoms with E-state index in [4.69, 9.17) is 14.2 Å². The molecule has 1 aliphatic heterocycles. The number of hydrogen-bond donors (Lipinski definition) is 0. The van der Waals surface area contributed by atoms with Gasteiger partial charge in [-0.25, -0.2) is 14.2 Å². The van der Waals surface area contributed by atoms with Gasteiger partial charge in [-0.15, -0.1) is 0 Å². The zero-order valence-corrected chi connectivity index (χ0v) is 25.3. The van der Waals surface area contributed by atoms with Crippen LogP contribution < -0.4 is 19.6 Å². The van der Waals surface area contributed by atoms with Gasteiger partial charge in [0, 0.05) is 7.11 Å². The summed E-state index contributed by atoms with van der Waals surface area (Å²) >= 11 is 1.28. The third kappa shape index (κ3) is 6.84. The van der Waals surface area contributed by atoms with E-state index < -0.39 is 12.0 Å². The number of thiazole rings is 1. The quantitative estimate of drug-likeness (QED) is 0.183. The van der Waals surface area contributed by atoms with Crippen LogP contribution in [0, 0.1) is 5.82 Å². The number of carbonyl (C=O) groups is 1. The van der Waals surface area contributed by atoms with E-state index in [0.29, 0.717) is 38.9 Å². The molecule has 222 valence electrons. The van der Waals surface area contributed by atoms with Gasteiger partial charge in [0.25, 0.3) is 5.56 Å². The van der Waals surface area contributed by atoms with E-state index in [9.17, 15) is 14.0 Å². The second kappa shape index (κ2) is 13.3. The molecule has 1 aliphatic rings. The molecule has 0 fully saturated rings. The first-order valence-electron chi connectivity index (χ1n) is 14.0. The third-order valence-electron chi connectivity index (χ3n) is 7.18. The number of carbonyl (C=O) groups excluding carboxylic acids is 1. The molecule has 0 aliphatic carbocycles. The van der Waals surface area contributed by atoms with E-state index >= 15 is 0 Å². The third-order valence-corrected chi connectivity index (χ3v) is 8.16. The molecule has 3 aromatic carbocycles. The maximum absolute atomic E-state index is 13.9. The molecule has 5 rings (SSSR count). The SMILES string of the molecule is COCCOC(=O)C1=C(C)N=c2sc(=Cc3ccc(OCc4ccc(F)cc4)cc3)c(=O)n2C1c1ccc(C(C)C)cc1. The van der Waals surface area contributed by atoms with Gasteiger partial charge in [-0.3, -0.25) is 9.36 Å². The van der Waals surface area contributed by atoms with Gasteiger partial charge in [-0.05, 0) is 65.4 Å². The van der Waals surface area contributed by atoms with E-state index in [0.717, 1.165) is 22.3 Å². The van der Waals surface area contributed by atoms with Gasteiger partial charge < -0.3 is 14.2 Å². The summed E-state index contributed by atoms with van der Waals surface area (Å²) in [4.78, 5) is 32.4. The van der Waals surface area contributed by atoms with Crippen molar-refractivity contribution in [1.82, 2.24) is 4.57 Å². The zero-order valence-electron chi connectivity index (χ0n) is 24.5. The monoisotopic (exact) mass is 600 g/mol. The number of esters is 1. The number of nitrogens with zero attached hydrogens (tertiary/aromatic N) is 2. The summed E-state index contributed by atoms with van der Waals surface area (Å²) in [6.07, 6.45) is 1.81. The van der Waals surface area contributed by atoms with Crippen LogP contribution in [0.1, 0.15) is 55.0 Å². The average Bonchev–Trinajstić information content (AvgIpc) is 3.30. The van der Waals surface area contributed by atoms with Crippen LogP contribution in [0.15, 0.2) is 93.9 Å². The Labute approximate surface area is 253 Å². The highest BCUT2D eigenvalue weighted by Gasteiger charge is 2.33. The molecule has 4 aromatic rings. The van der Waals surface area contributed by atoms with E-state index in [1.54, 1.807) is 23.6 Å². The fourth-order valence-electron chi connectivity index (χ4n) is 4.82. The van der Waals surface area contributed by atoms with Gasteiger partial charge in [0.15, 0.2) is 4.80 Å². The van der Waals surface area contributed by atoms with Gasteiger partial charge >= 0.3 is 5.97 Å². The summed E-state index contributed by atoms with van der Waals surface area (Å²) in [6.45, 7) is 6.67. The number of rotatable bonds is 10. The highest BCUT2D eigenvalue weighted by molar-refractivity contribution is 7.07. The molecular weight excluding hydrogens is 567 g/mol. The van der Waals surface area contributed by atoms with Crippen molar-refractivity contribution in [3.05, 3.63) is 132 Å². The Balaban J connectivity index is 1.48. The normalized spacial score (nSPS) is 14.9. The Morgan fingerprint density at radius 1 is 1.02 bits per heavy atom. The molecule has 9 heteroatoms. The van der Waals surface area contributed by atoms with Crippen molar-refractivity contribution in [2.45, 2.75) is 39.3 Å². The van der Waals surface area contributed by atoms with Gasteiger partial charge in [0.05, 0.1) is 28.5 Å². The maximum Gasteiger partial charge on any atom is 0.338 e. The number of ether oxygens (including phenoxy) is 3. The molecule has 7 nitrogen and oxygen atoms in total. The number of benzene rings is 3. The molecule has 2 heterocycles. The summed E-state index contributed by atoms with van der Waals surface area (Å²) < 4.78 is 31.6. The minimum absolute atomic E-state index is 0.0964. The number of halogens is 1. The highest BCUT2D eigenvalue weighted by atomic mass is 32.1. The van der Waals surface area contributed by atoms with E-state index in [-0.39, 0.29) is 24.6 Å². The van der Waals surface area contributed by atoms with Crippen molar-refractivity contribution in [2.24, 2.45) is 4.99 Å². The lowest BCUT2D eigenvalue weighted by Crippen LogP contribution is -2.40. The predicted molar refractivity (Wildman–Crippen MR) is 164 cm³/mol. The van der Waals surface area contributed by atoms with E-state index in [1.807, 2.05) is 54.6 Å². The summed E-state index contributed by atoms with van der Waals surface area (Å²) in [5.74, 6) is 0.176. The van der Waals surface area contributed by atoms with Crippen molar-refractivity contribution in [3.8, 4) is 5.75 Å². The Bertz CT molecular complexity index is 1800. The van der Waals surface area contributed by atoms with Crippen molar-refractivity contribution in [3.63, 3.8) is 0 Å². The fourth-order valence-corrected chi connectivity index (χ4v) is 5.86. The molecule has 43 heavy (non-hydrogen) atoms. The smallest absolute Gasteiger partial charge is 0.338 e. The lowest BCUT2D eigenvalue weighted by atomic mass is 9.93. The molecule has 1 unspecified atom stereocenters. The first-order valence-corrected chi connectivity index (χ1v) is 14.8. The topological polar surface area (TPSA) is 79.1 Å². The molecule has 1 aromatic heterocycles. The van der Waals surface area contributed by atoms with Gasteiger partial charge in [-0.1, -0.05) is 73.7 Å². The molecule has 0 saturated carbocycles. The zero-order chi connectivity index (χ0) is 30.5. The number of allylic oxidation sites excluding steroid dienone is 1. The van der Waals surface area contributed by atoms with E-state index in [1.165, 1.54) is 30.6 Å². The first kappa shape index (κ1) is 30.1. The Hall–Kier alpha value is -4.34. The number of hydrogen-bond acceptors (Lipinski definition) is 7. The molecular formula is C34H33FN2O5S. The number of fused-ring (bicyclic) bond motifs is 1. The van der Waals surface area contributed by atoms with Crippen LogP contribution in [0.5, 0.6) is 5.75 Å². The van der Waals surface area contributed by atoms with Gasteiger partial charge in [0.1, 0.15) is 24.8 Å². The minimum Gasteiger partial charge on any atom is -0.489 e. The van der Waals surface area contributed by atoms with Crippen molar-refractivity contribution in [2.75, 3.05) is 20.3 Å². The largest absolute Gasteiger partial charge is 0.489 e. The molecule has 0 spiro atoms. The summed E-state index contributed by atoms with van der Waals surface area (Å²) in [5, 5.41) is 0. The second-order valence-corrected chi connectivity index (χ2v) is 11.5. The summed E-state index contributed by atoms with van der Waals surface area (Å²) in [6, 6.07) is 20.8. The van der Waals surface area contributed by atoms with E-state index in [2.05, 4.69) is 18.8 Å². The minimum atomic E-state index is -0.683. The van der Waals surface area contributed by atoms with Crippen LogP contribution in [0.25, 0.3) is 6.08 Å². The van der Waals surface area contributed by atoms with Crippen LogP contribution in [-0.4, -0.2) is 30.9 Å². The fraction of sp³-hybridized carbons (Fsp3) is 0.265. The van der Waals surface area contributed by atoms with Crippen molar-refractivity contribution in [1.29, 1.82) is 0 Å². The molecule has 0 saturated heterocycles.